The molecule has 0 saturated carbocycles. The van der Waals surface area contributed by atoms with Crippen molar-refractivity contribution in [3.63, 3.8) is 0 Å². The van der Waals surface area contributed by atoms with Gasteiger partial charge in [-0.25, -0.2) is 0 Å². The lowest BCUT2D eigenvalue weighted by Crippen LogP contribution is -2.51. The van der Waals surface area contributed by atoms with Gasteiger partial charge in [-0.2, -0.15) is 0 Å². The molecule has 3 nitrogen and oxygen atoms in total. The van der Waals surface area contributed by atoms with E-state index in [0.29, 0.717) is 5.92 Å². The molecule has 1 aromatic rings. The van der Waals surface area contributed by atoms with E-state index < -0.39 is 0 Å². The van der Waals surface area contributed by atoms with Gasteiger partial charge in [-0.05, 0) is 50.0 Å². The van der Waals surface area contributed by atoms with Crippen LogP contribution in [0.1, 0.15) is 19.4 Å². The van der Waals surface area contributed by atoms with Gasteiger partial charge in [0.15, 0.2) is 0 Å². The number of carbonyl (C=O) groups excluding carboxylic acids is 1. The van der Waals surface area contributed by atoms with Crippen molar-refractivity contribution < 1.29 is 4.79 Å². The molecule has 2 rings (SSSR count). The van der Waals surface area contributed by atoms with Gasteiger partial charge in [-0.3, -0.25) is 4.79 Å². The summed E-state index contributed by atoms with van der Waals surface area (Å²) < 4.78 is 0. The largest absolute Gasteiger partial charge is 0.342 e. The zero-order valence-corrected chi connectivity index (χ0v) is 13.2. The Morgan fingerprint density at radius 2 is 1.95 bits per heavy atom. The smallest absolute Gasteiger partial charge is 0.225 e. The summed E-state index contributed by atoms with van der Waals surface area (Å²) in [5.74, 6) is 0.847. The third-order valence-electron chi connectivity index (χ3n) is 4.36. The van der Waals surface area contributed by atoms with Gasteiger partial charge in [0, 0.05) is 24.0 Å². The molecule has 2 atom stereocenters. The molecule has 1 saturated heterocycles. The van der Waals surface area contributed by atoms with Gasteiger partial charge in [0.05, 0.1) is 0 Å². The molecule has 0 aromatic heterocycles. The van der Waals surface area contributed by atoms with Crippen molar-refractivity contribution in [3.05, 3.63) is 34.9 Å². The van der Waals surface area contributed by atoms with Gasteiger partial charge in [0.25, 0.3) is 0 Å². The first-order chi connectivity index (χ1) is 9.49. The number of benzene rings is 1. The molecule has 1 amide bonds. The topological polar surface area (TPSA) is 32.3 Å². The second kappa shape index (κ2) is 6.59. The Morgan fingerprint density at radius 3 is 2.45 bits per heavy atom. The van der Waals surface area contributed by atoms with E-state index in [1.807, 2.05) is 43.1 Å². The number of hydrogen-bond acceptors (Lipinski definition) is 2. The van der Waals surface area contributed by atoms with Crippen LogP contribution in [0.5, 0.6) is 0 Å². The predicted octanol–water partition coefficient (Wildman–Crippen LogP) is 2.58. The normalized spacial score (nSPS) is 18.2. The van der Waals surface area contributed by atoms with Crippen LogP contribution in [-0.2, 0) is 11.2 Å². The van der Waals surface area contributed by atoms with E-state index in [9.17, 15) is 4.79 Å². The highest BCUT2D eigenvalue weighted by Crippen LogP contribution is 2.20. The molecule has 0 radical (unpaired) electrons. The molecule has 1 fully saturated rings. The number of likely N-dealkylation sites (N-methyl/N-ethyl adjacent to an activating group) is 1. The molecule has 20 heavy (non-hydrogen) atoms. The van der Waals surface area contributed by atoms with Crippen LogP contribution in [0.3, 0.4) is 0 Å². The van der Waals surface area contributed by atoms with Crippen molar-refractivity contribution in [1.29, 1.82) is 0 Å². The number of rotatable bonds is 5. The SMILES string of the molecule is CC(C(=O)N(C)C(C)Cc1ccc(Cl)cc1)C1CNC1. The quantitative estimate of drug-likeness (QED) is 0.905. The molecule has 0 aliphatic carbocycles. The second-order valence-corrected chi connectivity index (χ2v) is 6.27. The Balaban J connectivity index is 1.91. The molecular weight excluding hydrogens is 272 g/mol. The van der Waals surface area contributed by atoms with Crippen LogP contribution in [0.2, 0.25) is 5.02 Å². The molecule has 2 unspecified atom stereocenters. The Kier molecular flexibility index (Phi) is 5.06. The maximum Gasteiger partial charge on any atom is 0.225 e. The van der Waals surface area contributed by atoms with Crippen LogP contribution in [0.4, 0.5) is 0 Å². The number of amides is 1. The molecule has 1 heterocycles. The molecule has 0 bridgehead atoms. The summed E-state index contributed by atoms with van der Waals surface area (Å²) in [6.45, 7) is 6.07. The average Bonchev–Trinajstić information content (AvgIpc) is 2.37. The van der Waals surface area contributed by atoms with Gasteiger partial charge in [0.2, 0.25) is 5.91 Å². The highest BCUT2D eigenvalue weighted by molar-refractivity contribution is 6.30. The fraction of sp³-hybridized carbons (Fsp3) is 0.562. The van der Waals surface area contributed by atoms with Gasteiger partial charge in [-0.15, -0.1) is 0 Å². The third kappa shape index (κ3) is 3.53. The Morgan fingerprint density at radius 1 is 1.35 bits per heavy atom. The average molecular weight is 295 g/mol. The fourth-order valence-corrected chi connectivity index (χ4v) is 2.63. The van der Waals surface area contributed by atoms with E-state index in [2.05, 4.69) is 12.2 Å². The molecule has 0 spiro atoms. The molecular formula is C16H23ClN2O. The molecule has 1 N–H and O–H groups in total. The maximum atomic E-state index is 12.4. The molecule has 110 valence electrons. The molecule has 1 aliphatic rings. The van der Waals surface area contributed by atoms with Crippen LogP contribution in [0.15, 0.2) is 24.3 Å². The number of carbonyl (C=O) groups is 1. The highest BCUT2D eigenvalue weighted by atomic mass is 35.5. The van der Waals surface area contributed by atoms with Crippen LogP contribution in [-0.4, -0.2) is 37.0 Å². The van der Waals surface area contributed by atoms with Gasteiger partial charge < -0.3 is 10.2 Å². The second-order valence-electron chi connectivity index (χ2n) is 5.84. The summed E-state index contributed by atoms with van der Waals surface area (Å²) >= 11 is 5.89. The van der Waals surface area contributed by atoms with Crippen molar-refractivity contribution in [2.24, 2.45) is 11.8 Å². The van der Waals surface area contributed by atoms with E-state index >= 15 is 0 Å². The fourth-order valence-electron chi connectivity index (χ4n) is 2.50. The minimum atomic E-state index is 0.105. The lowest BCUT2D eigenvalue weighted by molar-refractivity contribution is -0.137. The summed E-state index contributed by atoms with van der Waals surface area (Å²) in [6, 6.07) is 8.04. The van der Waals surface area contributed by atoms with E-state index in [1.54, 1.807) is 0 Å². The lowest BCUT2D eigenvalue weighted by atomic mass is 9.87. The molecule has 1 aromatic carbocycles. The van der Waals surface area contributed by atoms with Crippen molar-refractivity contribution >= 4 is 17.5 Å². The molecule has 4 heteroatoms. The maximum absolute atomic E-state index is 12.4. The highest BCUT2D eigenvalue weighted by Gasteiger charge is 2.31. The summed E-state index contributed by atoms with van der Waals surface area (Å²) in [5.41, 5.74) is 1.21. The number of hydrogen-bond donors (Lipinski definition) is 1. The first kappa shape index (κ1) is 15.3. The van der Waals surface area contributed by atoms with Gasteiger partial charge in [0.1, 0.15) is 0 Å². The summed E-state index contributed by atoms with van der Waals surface area (Å²) in [4.78, 5) is 14.3. The Hall–Kier alpha value is -1.06. The number of halogens is 1. The predicted molar refractivity (Wildman–Crippen MR) is 82.9 cm³/mol. The van der Waals surface area contributed by atoms with Gasteiger partial charge >= 0.3 is 0 Å². The summed E-state index contributed by atoms with van der Waals surface area (Å²) in [6.07, 6.45) is 0.856. The summed E-state index contributed by atoms with van der Waals surface area (Å²) in [7, 11) is 1.91. The zero-order chi connectivity index (χ0) is 14.7. The van der Waals surface area contributed by atoms with E-state index in [0.717, 1.165) is 24.5 Å². The third-order valence-corrected chi connectivity index (χ3v) is 4.61. The van der Waals surface area contributed by atoms with Crippen molar-refractivity contribution in [1.82, 2.24) is 10.2 Å². The Labute approximate surface area is 126 Å². The van der Waals surface area contributed by atoms with Crippen LogP contribution >= 0.6 is 11.6 Å². The number of nitrogens with zero attached hydrogens (tertiary/aromatic N) is 1. The standard InChI is InChI=1S/C16H23ClN2O/c1-11(8-13-4-6-15(17)7-5-13)19(3)16(20)12(2)14-9-18-10-14/h4-7,11-12,14,18H,8-10H2,1-3H3. The van der Waals surface area contributed by atoms with Crippen molar-refractivity contribution in [2.45, 2.75) is 26.3 Å². The van der Waals surface area contributed by atoms with E-state index in [4.69, 9.17) is 11.6 Å². The van der Waals surface area contributed by atoms with Crippen LogP contribution in [0, 0.1) is 11.8 Å². The minimum Gasteiger partial charge on any atom is -0.342 e. The molecule has 1 aliphatic heterocycles. The lowest BCUT2D eigenvalue weighted by Gasteiger charge is -2.35. The van der Waals surface area contributed by atoms with Crippen molar-refractivity contribution in [3.8, 4) is 0 Å². The van der Waals surface area contributed by atoms with Gasteiger partial charge in [-0.1, -0.05) is 30.7 Å². The van der Waals surface area contributed by atoms with Crippen molar-refractivity contribution in [2.75, 3.05) is 20.1 Å². The first-order valence-corrected chi connectivity index (χ1v) is 7.58. The van der Waals surface area contributed by atoms with E-state index in [-0.39, 0.29) is 17.9 Å². The summed E-state index contributed by atoms with van der Waals surface area (Å²) in [5, 5.41) is 3.97. The van der Waals surface area contributed by atoms with Crippen LogP contribution < -0.4 is 5.32 Å². The monoisotopic (exact) mass is 294 g/mol. The minimum absolute atomic E-state index is 0.105. The first-order valence-electron chi connectivity index (χ1n) is 7.21. The zero-order valence-electron chi connectivity index (χ0n) is 12.4. The number of nitrogens with one attached hydrogen (secondary N) is 1. The Bertz CT molecular complexity index is 456. The van der Waals surface area contributed by atoms with E-state index in [1.165, 1.54) is 5.56 Å². The van der Waals surface area contributed by atoms with Crippen LogP contribution in [0.25, 0.3) is 0 Å².